The molecule has 0 N–H and O–H groups in total. The number of aromatic nitrogens is 4. The average molecular weight is 265 g/mol. The molecular weight excluding hydrogens is 256 g/mol. The molecule has 0 spiro atoms. The van der Waals surface area contributed by atoms with Gasteiger partial charge >= 0.3 is 0 Å². The molecule has 5 rings (SSSR count). The third kappa shape index (κ3) is 1.11. The van der Waals surface area contributed by atoms with Crippen LogP contribution >= 0.6 is 11.3 Å². The van der Waals surface area contributed by atoms with Crippen LogP contribution in [0.2, 0.25) is 0 Å². The predicted octanol–water partition coefficient (Wildman–Crippen LogP) is 2.26. The molecule has 0 radical (unpaired) electrons. The minimum atomic E-state index is 0.912. The van der Waals surface area contributed by atoms with E-state index in [9.17, 15) is 0 Å². The highest BCUT2D eigenvalue weighted by Crippen LogP contribution is 2.35. The van der Waals surface area contributed by atoms with Gasteiger partial charge in [0.05, 0.1) is 11.8 Å². The van der Waals surface area contributed by atoms with E-state index < -0.39 is 0 Å². The van der Waals surface area contributed by atoms with E-state index >= 15 is 0 Å². The van der Waals surface area contributed by atoms with Gasteiger partial charge in [-0.3, -0.25) is 0 Å². The molecule has 4 aromatic rings. The number of hydrogen-bond acceptors (Lipinski definition) is 3. The summed E-state index contributed by atoms with van der Waals surface area (Å²) < 4.78 is 5.67. The molecule has 5 heterocycles. The highest BCUT2D eigenvalue weighted by molar-refractivity contribution is 7.22. The third-order valence-electron chi connectivity index (χ3n) is 3.63. The second-order valence-corrected chi connectivity index (χ2v) is 5.70. The fourth-order valence-corrected chi connectivity index (χ4v) is 4.04. The molecule has 4 nitrogen and oxygen atoms in total. The van der Waals surface area contributed by atoms with E-state index in [2.05, 4.69) is 31.2 Å². The van der Waals surface area contributed by atoms with Crippen LogP contribution in [0.15, 0.2) is 43.0 Å². The average Bonchev–Trinajstić information content (AvgIpc) is 3.07. The lowest BCUT2D eigenvalue weighted by molar-refractivity contribution is -0.642. The first kappa shape index (κ1) is 9.63. The van der Waals surface area contributed by atoms with Crippen molar-refractivity contribution in [1.82, 2.24) is 14.4 Å². The molecule has 90 valence electrons. The van der Waals surface area contributed by atoms with Crippen LogP contribution in [0.3, 0.4) is 0 Å². The van der Waals surface area contributed by atoms with Gasteiger partial charge in [0, 0.05) is 18.6 Å². The van der Waals surface area contributed by atoms with E-state index in [0.717, 1.165) is 17.9 Å². The molecule has 0 atom stereocenters. The zero-order chi connectivity index (χ0) is 12.4. The molecule has 4 aromatic heterocycles. The topological polar surface area (TPSA) is 34.1 Å². The molecule has 0 saturated heterocycles. The Kier molecular flexibility index (Phi) is 1.62. The lowest BCUT2D eigenvalue weighted by Gasteiger charge is -1.90. The molecule has 0 amide bonds. The molecule has 1 aliphatic rings. The Morgan fingerprint density at radius 2 is 2.16 bits per heavy atom. The molecule has 19 heavy (non-hydrogen) atoms. The van der Waals surface area contributed by atoms with E-state index in [-0.39, 0.29) is 0 Å². The highest BCUT2D eigenvalue weighted by atomic mass is 32.1. The van der Waals surface area contributed by atoms with Gasteiger partial charge in [-0.1, -0.05) is 11.3 Å². The van der Waals surface area contributed by atoms with Gasteiger partial charge in [-0.2, -0.15) is 4.57 Å². The number of pyridine rings is 1. The standard InChI is InChI=1S/C14H9N4S/c1-3-9-7-18-10-8-17-6-2-5-16-13(17)12(10)19-14(18)11(9)15-4-1/h1-6,8H,7H2/q+1. The van der Waals surface area contributed by atoms with Crippen molar-refractivity contribution in [3.05, 3.63) is 48.5 Å². The summed E-state index contributed by atoms with van der Waals surface area (Å²) >= 11 is 1.78. The summed E-state index contributed by atoms with van der Waals surface area (Å²) in [5, 5.41) is 1.24. The monoisotopic (exact) mass is 265 g/mol. The van der Waals surface area contributed by atoms with Crippen LogP contribution in [0.1, 0.15) is 5.56 Å². The van der Waals surface area contributed by atoms with Crippen molar-refractivity contribution < 1.29 is 4.57 Å². The Labute approximate surface area is 112 Å². The van der Waals surface area contributed by atoms with Crippen molar-refractivity contribution >= 4 is 27.2 Å². The Bertz CT molecular complexity index is 951. The van der Waals surface area contributed by atoms with Crippen LogP contribution in [-0.4, -0.2) is 14.4 Å². The normalized spacial score (nSPS) is 13.1. The van der Waals surface area contributed by atoms with Gasteiger partial charge in [0.2, 0.25) is 5.52 Å². The minimum Gasteiger partial charge on any atom is -0.300 e. The molecular formula is C14H9N4S+. The summed E-state index contributed by atoms with van der Waals surface area (Å²) in [7, 11) is 0. The van der Waals surface area contributed by atoms with Crippen LogP contribution < -0.4 is 4.57 Å². The molecule has 0 fully saturated rings. The highest BCUT2D eigenvalue weighted by Gasteiger charge is 2.34. The smallest absolute Gasteiger partial charge is 0.289 e. The van der Waals surface area contributed by atoms with Crippen molar-refractivity contribution in [2.75, 3.05) is 0 Å². The second-order valence-electron chi connectivity index (χ2n) is 4.70. The van der Waals surface area contributed by atoms with Gasteiger partial charge in [0.15, 0.2) is 17.9 Å². The summed E-state index contributed by atoms with van der Waals surface area (Å²) in [5.41, 5.74) is 4.70. The van der Waals surface area contributed by atoms with Crippen molar-refractivity contribution in [2.24, 2.45) is 0 Å². The number of fused-ring (bicyclic) bond motifs is 7. The molecule has 0 bridgehead atoms. The molecule has 1 aliphatic heterocycles. The molecule has 0 aromatic carbocycles. The molecule has 0 unspecified atom stereocenters. The van der Waals surface area contributed by atoms with Gasteiger partial charge in [-0.05, 0) is 18.2 Å². The third-order valence-corrected chi connectivity index (χ3v) is 4.83. The van der Waals surface area contributed by atoms with Crippen molar-refractivity contribution in [3.8, 4) is 10.7 Å². The van der Waals surface area contributed by atoms with Gasteiger partial charge in [-0.15, -0.1) is 0 Å². The molecule has 5 heteroatoms. The van der Waals surface area contributed by atoms with Gasteiger partial charge in [-0.25, -0.2) is 9.97 Å². The first-order valence-electron chi connectivity index (χ1n) is 6.14. The zero-order valence-electron chi connectivity index (χ0n) is 9.95. The maximum absolute atomic E-state index is 4.52. The van der Waals surface area contributed by atoms with Crippen LogP contribution in [-0.2, 0) is 6.54 Å². The maximum atomic E-state index is 4.52. The van der Waals surface area contributed by atoms with Crippen molar-refractivity contribution in [1.29, 1.82) is 0 Å². The minimum absolute atomic E-state index is 0.912. The number of rotatable bonds is 0. The lowest BCUT2D eigenvalue weighted by atomic mass is 10.2. The van der Waals surface area contributed by atoms with Crippen molar-refractivity contribution in [2.45, 2.75) is 6.54 Å². The second kappa shape index (κ2) is 3.19. The Hall–Kier alpha value is -2.27. The maximum Gasteiger partial charge on any atom is 0.289 e. The van der Waals surface area contributed by atoms with Gasteiger partial charge < -0.3 is 4.40 Å². The Morgan fingerprint density at radius 3 is 3.16 bits per heavy atom. The van der Waals surface area contributed by atoms with Crippen LogP contribution in [0, 0.1) is 0 Å². The van der Waals surface area contributed by atoms with E-state index in [1.807, 2.05) is 30.7 Å². The quantitative estimate of drug-likeness (QED) is 0.402. The van der Waals surface area contributed by atoms with Crippen LogP contribution in [0.4, 0.5) is 0 Å². The first-order valence-corrected chi connectivity index (χ1v) is 6.96. The summed E-state index contributed by atoms with van der Waals surface area (Å²) in [6.45, 7) is 0.912. The number of hydrogen-bond donors (Lipinski definition) is 0. The van der Waals surface area contributed by atoms with Crippen LogP contribution in [0.5, 0.6) is 0 Å². The van der Waals surface area contributed by atoms with E-state index in [1.165, 1.54) is 20.8 Å². The van der Waals surface area contributed by atoms with E-state index in [4.69, 9.17) is 0 Å². The van der Waals surface area contributed by atoms with Gasteiger partial charge in [0.1, 0.15) is 4.70 Å². The fraction of sp³-hybridized carbons (Fsp3) is 0.0714. The SMILES string of the molecule is c1cnc2c(c1)C[n+]1c-2sc2c3ncccn3cc21. The van der Waals surface area contributed by atoms with E-state index in [0.29, 0.717) is 0 Å². The zero-order valence-corrected chi connectivity index (χ0v) is 10.8. The Morgan fingerprint density at radius 1 is 1.21 bits per heavy atom. The summed E-state index contributed by atoms with van der Waals surface area (Å²) in [5.74, 6) is 0. The summed E-state index contributed by atoms with van der Waals surface area (Å²) in [6, 6.07) is 6.12. The number of nitrogens with zero attached hydrogens (tertiary/aromatic N) is 4. The molecule has 0 saturated carbocycles. The predicted molar refractivity (Wildman–Crippen MR) is 73.1 cm³/mol. The Balaban J connectivity index is 1.93. The number of thiazole rings is 1. The summed E-state index contributed by atoms with van der Waals surface area (Å²) in [4.78, 5) is 9.00. The lowest BCUT2D eigenvalue weighted by Crippen LogP contribution is -2.29. The van der Waals surface area contributed by atoms with Crippen molar-refractivity contribution in [3.63, 3.8) is 0 Å². The summed E-state index contributed by atoms with van der Waals surface area (Å²) in [6.07, 6.45) is 7.91. The van der Waals surface area contributed by atoms with Gasteiger partial charge in [0.25, 0.3) is 5.01 Å². The molecule has 0 aliphatic carbocycles. The van der Waals surface area contributed by atoms with Crippen LogP contribution in [0.25, 0.3) is 26.6 Å². The fourth-order valence-electron chi connectivity index (χ4n) is 2.78. The first-order chi connectivity index (χ1) is 9.42. The largest absolute Gasteiger partial charge is 0.300 e. The van der Waals surface area contributed by atoms with E-state index in [1.54, 1.807) is 11.3 Å².